The van der Waals surface area contributed by atoms with Crippen LogP contribution in [0, 0.1) is 23.7 Å². The molecule has 0 radical (unpaired) electrons. The topological polar surface area (TPSA) is 0 Å². The number of hydrogen-bond donors (Lipinski definition) is 0. The van der Waals surface area contributed by atoms with E-state index in [2.05, 4.69) is 73.3 Å². The van der Waals surface area contributed by atoms with Gasteiger partial charge in [0.25, 0.3) is 0 Å². The monoisotopic (exact) mass is 390 g/mol. The van der Waals surface area contributed by atoms with Crippen LogP contribution in [0.25, 0.3) is 0 Å². The molecule has 0 nitrogen and oxygen atoms in total. The highest BCUT2D eigenvalue weighted by Gasteiger charge is 2.30. The van der Waals surface area contributed by atoms with E-state index in [1.165, 1.54) is 63.4 Å². The Morgan fingerprint density at radius 2 is 1.68 bits per heavy atom. The highest BCUT2D eigenvalue weighted by atomic mass is 14.3. The van der Waals surface area contributed by atoms with E-state index in [4.69, 9.17) is 0 Å². The molecule has 0 heteroatoms. The molecule has 0 aliphatic heterocycles. The Balaban J connectivity index is 0. The maximum absolute atomic E-state index is 3.83. The summed E-state index contributed by atoms with van der Waals surface area (Å²) in [6.45, 7) is 23.5. The minimum atomic E-state index is 0.708. The first-order valence-corrected chi connectivity index (χ1v) is 12.5. The fraction of sp³-hybridized carbons (Fsp3) is 0.786. The molecule has 0 aromatic carbocycles. The lowest BCUT2D eigenvalue weighted by atomic mass is 9.69. The van der Waals surface area contributed by atoms with Gasteiger partial charge in [-0.2, -0.15) is 0 Å². The molecule has 0 fully saturated rings. The normalized spacial score (nSPS) is 23.3. The lowest BCUT2D eigenvalue weighted by Gasteiger charge is -2.36. The van der Waals surface area contributed by atoms with Crippen molar-refractivity contribution < 1.29 is 0 Å². The number of allylic oxidation sites excluding steroid dienone is 5. The molecule has 28 heavy (non-hydrogen) atoms. The third-order valence-electron chi connectivity index (χ3n) is 6.19. The lowest BCUT2D eigenvalue weighted by molar-refractivity contribution is 0.268. The molecule has 2 aliphatic carbocycles. The van der Waals surface area contributed by atoms with Gasteiger partial charge in [0.1, 0.15) is 0 Å². The SMILES string of the molecule is C=C(C)C(C)CC.CC.CCC1C(C)C=CC2=CCCCC21.CCCCCC. The first-order chi connectivity index (χ1) is 13.4. The van der Waals surface area contributed by atoms with Crippen LogP contribution in [0.2, 0.25) is 0 Å². The second-order valence-electron chi connectivity index (χ2n) is 8.39. The first kappa shape index (κ1) is 29.4. The van der Waals surface area contributed by atoms with Gasteiger partial charge in [-0.25, -0.2) is 0 Å². The van der Waals surface area contributed by atoms with Crippen molar-refractivity contribution in [3.05, 3.63) is 36.0 Å². The Morgan fingerprint density at radius 1 is 1.11 bits per heavy atom. The number of hydrogen-bond acceptors (Lipinski definition) is 0. The molecule has 0 bridgehead atoms. The molecular weight excluding hydrogens is 336 g/mol. The number of rotatable bonds is 6. The Bertz CT molecular complexity index is 408. The van der Waals surface area contributed by atoms with Gasteiger partial charge in [-0.05, 0) is 61.9 Å². The van der Waals surface area contributed by atoms with E-state index in [1.54, 1.807) is 5.57 Å². The van der Waals surface area contributed by atoms with Crippen LogP contribution in [0.3, 0.4) is 0 Å². The maximum atomic E-state index is 3.83. The fourth-order valence-electron chi connectivity index (χ4n) is 3.85. The summed E-state index contributed by atoms with van der Waals surface area (Å²) < 4.78 is 0. The van der Waals surface area contributed by atoms with Gasteiger partial charge in [-0.15, -0.1) is 0 Å². The Morgan fingerprint density at radius 3 is 2.07 bits per heavy atom. The van der Waals surface area contributed by atoms with Gasteiger partial charge >= 0.3 is 0 Å². The minimum Gasteiger partial charge on any atom is -0.0999 e. The summed E-state index contributed by atoms with van der Waals surface area (Å²) in [5, 5.41) is 0. The predicted octanol–water partition coefficient (Wildman–Crippen LogP) is 10.2. The van der Waals surface area contributed by atoms with Crippen molar-refractivity contribution in [2.45, 2.75) is 120 Å². The zero-order valence-electron chi connectivity index (χ0n) is 21.1. The van der Waals surface area contributed by atoms with E-state index >= 15 is 0 Å². The summed E-state index contributed by atoms with van der Waals surface area (Å²) in [5.41, 5.74) is 2.93. The van der Waals surface area contributed by atoms with Gasteiger partial charge in [0.15, 0.2) is 0 Å². The molecular formula is C28H54. The Hall–Kier alpha value is -0.780. The van der Waals surface area contributed by atoms with Gasteiger partial charge in [0.05, 0.1) is 0 Å². The smallest absolute Gasteiger partial charge is 0.0131 e. The van der Waals surface area contributed by atoms with E-state index in [-0.39, 0.29) is 0 Å². The molecule has 4 unspecified atom stereocenters. The summed E-state index contributed by atoms with van der Waals surface area (Å²) in [4.78, 5) is 0. The van der Waals surface area contributed by atoms with E-state index in [0.29, 0.717) is 5.92 Å². The van der Waals surface area contributed by atoms with Crippen molar-refractivity contribution in [1.82, 2.24) is 0 Å². The molecule has 4 atom stereocenters. The number of unbranched alkanes of at least 4 members (excludes halogenated alkanes) is 3. The second kappa shape index (κ2) is 19.5. The fourth-order valence-corrected chi connectivity index (χ4v) is 3.85. The Kier molecular flexibility index (Phi) is 20.5. The quantitative estimate of drug-likeness (QED) is 0.312. The van der Waals surface area contributed by atoms with Gasteiger partial charge in [-0.1, -0.05) is 118 Å². The Labute approximate surface area is 180 Å². The van der Waals surface area contributed by atoms with Crippen molar-refractivity contribution in [3.63, 3.8) is 0 Å². The van der Waals surface area contributed by atoms with Crippen LogP contribution >= 0.6 is 0 Å². The zero-order chi connectivity index (χ0) is 21.9. The lowest BCUT2D eigenvalue weighted by Crippen LogP contribution is -2.26. The van der Waals surface area contributed by atoms with E-state index in [0.717, 1.165) is 17.8 Å². The average Bonchev–Trinajstić information content (AvgIpc) is 2.73. The van der Waals surface area contributed by atoms with Crippen molar-refractivity contribution in [2.75, 3.05) is 0 Å². The van der Waals surface area contributed by atoms with E-state index in [9.17, 15) is 0 Å². The average molecular weight is 391 g/mol. The summed E-state index contributed by atoms with van der Waals surface area (Å²) >= 11 is 0. The molecule has 0 saturated heterocycles. The van der Waals surface area contributed by atoms with Crippen molar-refractivity contribution >= 4 is 0 Å². The van der Waals surface area contributed by atoms with Crippen LogP contribution in [0.4, 0.5) is 0 Å². The van der Waals surface area contributed by atoms with Gasteiger partial charge < -0.3 is 0 Å². The molecule has 0 aromatic rings. The maximum Gasteiger partial charge on any atom is -0.0131 e. The molecule has 0 saturated carbocycles. The molecule has 2 rings (SSSR count). The standard InChI is InChI=1S/C13H20.C7H14.C6H14.C2H6/c1-3-12-10(2)8-9-11-6-4-5-7-13(11)12;1-5-7(4)6(2)3;1-3-5-6-4-2;1-2/h6,8-10,12-13H,3-5,7H2,1-2H3;7H,2,5H2,1,3-4H3;3-6H2,1-2H3;1-2H3. The van der Waals surface area contributed by atoms with Crippen molar-refractivity contribution in [2.24, 2.45) is 23.7 Å². The highest BCUT2D eigenvalue weighted by Crippen LogP contribution is 2.41. The first-order valence-electron chi connectivity index (χ1n) is 12.5. The largest absolute Gasteiger partial charge is 0.0999 e. The van der Waals surface area contributed by atoms with Crippen LogP contribution in [-0.4, -0.2) is 0 Å². The van der Waals surface area contributed by atoms with Crippen LogP contribution in [0.1, 0.15) is 120 Å². The van der Waals surface area contributed by atoms with Gasteiger partial charge in [0, 0.05) is 0 Å². The molecule has 0 heterocycles. The van der Waals surface area contributed by atoms with E-state index < -0.39 is 0 Å². The van der Waals surface area contributed by atoms with Gasteiger partial charge in [0.2, 0.25) is 0 Å². The van der Waals surface area contributed by atoms with Crippen LogP contribution in [0.5, 0.6) is 0 Å². The summed E-state index contributed by atoms with van der Waals surface area (Å²) in [7, 11) is 0. The molecule has 0 N–H and O–H groups in total. The van der Waals surface area contributed by atoms with Gasteiger partial charge in [-0.3, -0.25) is 0 Å². The summed E-state index contributed by atoms with van der Waals surface area (Å²) in [6, 6.07) is 0. The van der Waals surface area contributed by atoms with Crippen molar-refractivity contribution in [3.8, 4) is 0 Å². The third kappa shape index (κ3) is 12.6. The van der Waals surface area contributed by atoms with Crippen LogP contribution in [-0.2, 0) is 0 Å². The predicted molar refractivity (Wildman–Crippen MR) is 133 cm³/mol. The molecule has 166 valence electrons. The molecule has 0 amide bonds. The zero-order valence-corrected chi connectivity index (χ0v) is 21.1. The molecule has 2 aliphatic rings. The summed E-state index contributed by atoms with van der Waals surface area (Å²) in [6.07, 6.45) is 19.5. The van der Waals surface area contributed by atoms with Crippen molar-refractivity contribution in [1.29, 1.82) is 0 Å². The summed E-state index contributed by atoms with van der Waals surface area (Å²) in [5.74, 6) is 3.31. The second-order valence-corrected chi connectivity index (χ2v) is 8.39. The number of fused-ring (bicyclic) bond motifs is 1. The minimum absolute atomic E-state index is 0.708. The van der Waals surface area contributed by atoms with E-state index in [1.807, 2.05) is 13.8 Å². The third-order valence-corrected chi connectivity index (χ3v) is 6.19. The highest BCUT2D eigenvalue weighted by molar-refractivity contribution is 5.28. The van der Waals surface area contributed by atoms with Crippen LogP contribution in [0.15, 0.2) is 36.0 Å². The molecule has 0 spiro atoms. The molecule has 0 aromatic heterocycles. The van der Waals surface area contributed by atoms with Crippen LogP contribution < -0.4 is 0 Å².